The summed E-state index contributed by atoms with van der Waals surface area (Å²) in [5.41, 5.74) is 1.30. The zero-order valence-electron chi connectivity index (χ0n) is 17.7. The Morgan fingerprint density at radius 3 is 2.75 bits per heavy atom. The Morgan fingerprint density at radius 1 is 1.28 bits per heavy atom. The summed E-state index contributed by atoms with van der Waals surface area (Å²) in [5.74, 6) is 0.704. The Hall–Kier alpha value is -2.19. The number of hydrogen-bond acceptors (Lipinski definition) is 6. The van der Waals surface area contributed by atoms with Crippen molar-refractivity contribution in [3.63, 3.8) is 0 Å². The zero-order chi connectivity index (χ0) is 22.9. The molecule has 3 N–H and O–H groups in total. The minimum Gasteiger partial charge on any atom is -0.506 e. The van der Waals surface area contributed by atoms with Crippen LogP contribution in [-0.2, 0) is 11.2 Å². The molecule has 0 aliphatic carbocycles. The van der Waals surface area contributed by atoms with Crippen LogP contribution in [0.15, 0.2) is 30.3 Å². The zero-order valence-corrected chi connectivity index (χ0v) is 19.2. The number of halogens is 2. The monoisotopic (exact) mass is 480 g/mol. The van der Waals surface area contributed by atoms with Gasteiger partial charge in [0, 0.05) is 56.9 Å². The van der Waals surface area contributed by atoms with E-state index >= 15 is 0 Å². The van der Waals surface area contributed by atoms with E-state index in [0.717, 1.165) is 48.7 Å². The largest absolute Gasteiger partial charge is 0.506 e. The lowest BCUT2D eigenvalue weighted by Gasteiger charge is -2.39. The number of hydrogen-bond donors (Lipinski definition) is 3. The Labute approximate surface area is 196 Å². The fourth-order valence-corrected chi connectivity index (χ4v) is 4.67. The maximum Gasteiger partial charge on any atom is 0.221 e. The number of benzene rings is 2. The van der Waals surface area contributed by atoms with E-state index in [-0.39, 0.29) is 34.6 Å². The van der Waals surface area contributed by atoms with Crippen molar-refractivity contribution in [2.45, 2.75) is 37.9 Å². The van der Waals surface area contributed by atoms with Gasteiger partial charge < -0.3 is 29.9 Å². The molecule has 1 spiro atoms. The predicted molar refractivity (Wildman–Crippen MR) is 123 cm³/mol. The van der Waals surface area contributed by atoms with Crippen molar-refractivity contribution in [1.82, 2.24) is 4.90 Å². The van der Waals surface area contributed by atoms with Gasteiger partial charge in [-0.1, -0.05) is 23.2 Å². The molecule has 0 unspecified atom stereocenters. The number of phenolic OH excluding ortho intramolecular Hbond substituents is 1. The number of anilines is 1. The van der Waals surface area contributed by atoms with Crippen molar-refractivity contribution in [2.75, 3.05) is 31.6 Å². The van der Waals surface area contributed by atoms with Gasteiger partial charge >= 0.3 is 0 Å². The highest BCUT2D eigenvalue weighted by Gasteiger charge is 2.42. The number of piperidine rings is 1. The number of β-amino-alcohol motifs (C(OH)–C–C–N with tert-alkyl or cyclic N) is 1. The van der Waals surface area contributed by atoms with E-state index in [0.29, 0.717) is 12.2 Å². The molecule has 0 aromatic heterocycles. The van der Waals surface area contributed by atoms with E-state index in [2.05, 4.69) is 10.2 Å². The fourth-order valence-electron chi connectivity index (χ4n) is 4.31. The molecule has 4 rings (SSSR count). The highest BCUT2D eigenvalue weighted by Crippen LogP contribution is 2.42. The van der Waals surface area contributed by atoms with Gasteiger partial charge in [-0.3, -0.25) is 4.79 Å². The quantitative estimate of drug-likeness (QED) is 0.543. The van der Waals surface area contributed by atoms with Crippen LogP contribution in [0.4, 0.5) is 5.69 Å². The number of rotatable bonds is 6. The van der Waals surface area contributed by atoms with E-state index < -0.39 is 6.10 Å². The molecule has 2 heterocycles. The van der Waals surface area contributed by atoms with Crippen LogP contribution in [0.5, 0.6) is 17.2 Å². The summed E-state index contributed by atoms with van der Waals surface area (Å²) in [6.07, 6.45) is 1.84. The van der Waals surface area contributed by atoms with Crippen LogP contribution >= 0.6 is 23.2 Å². The molecule has 2 aliphatic rings. The molecule has 0 radical (unpaired) electrons. The SMILES string of the molecule is CC(=O)Nc1cc(Cl)c(O)cc1OC[C@@H](O)CN1CCC2(CC1)Cc1cc(Cl)ccc1O2. The third-order valence-electron chi connectivity index (χ3n) is 5.89. The molecule has 2 aromatic rings. The molecule has 2 aliphatic heterocycles. The van der Waals surface area contributed by atoms with Gasteiger partial charge in [0.05, 0.1) is 10.7 Å². The second-order valence-corrected chi connectivity index (χ2v) is 9.30. The Balaban J connectivity index is 1.29. The topological polar surface area (TPSA) is 91.3 Å². The van der Waals surface area contributed by atoms with Crippen LogP contribution in [0.25, 0.3) is 0 Å². The summed E-state index contributed by atoms with van der Waals surface area (Å²) >= 11 is 12.0. The van der Waals surface area contributed by atoms with Gasteiger partial charge in [-0.05, 0) is 29.8 Å². The number of aliphatic hydroxyl groups is 1. The lowest BCUT2D eigenvalue weighted by molar-refractivity contribution is -0.114. The van der Waals surface area contributed by atoms with E-state index in [1.807, 2.05) is 18.2 Å². The van der Waals surface area contributed by atoms with Crippen molar-refractivity contribution in [3.05, 3.63) is 45.9 Å². The minimum atomic E-state index is -0.743. The lowest BCUT2D eigenvalue weighted by atomic mass is 9.87. The van der Waals surface area contributed by atoms with Crippen LogP contribution in [0, 0.1) is 0 Å². The van der Waals surface area contributed by atoms with Crippen molar-refractivity contribution >= 4 is 34.8 Å². The Bertz CT molecular complexity index is 1010. The van der Waals surface area contributed by atoms with Gasteiger partial charge in [0.25, 0.3) is 0 Å². The molecule has 1 saturated heterocycles. The van der Waals surface area contributed by atoms with E-state index in [1.165, 1.54) is 19.1 Å². The third kappa shape index (κ3) is 5.23. The molecule has 1 fully saturated rings. The van der Waals surface area contributed by atoms with Crippen LogP contribution in [0.1, 0.15) is 25.3 Å². The van der Waals surface area contributed by atoms with E-state index in [9.17, 15) is 15.0 Å². The minimum absolute atomic E-state index is 0.00966. The molecule has 172 valence electrons. The number of aliphatic hydroxyl groups excluding tert-OH is 1. The third-order valence-corrected chi connectivity index (χ3v) is 6.43. The van der Waals surface area contributed by atoms with Crippen LogP contribution in [0.3, 0.4) is 0 Å². The maximum atomic E-state index is 11.4. The van der Waals surface area contributed by atoms with Gasteiger partial charge in [0.15, 0.2) is 0 Å². The smallest absolute Gasteiger partial charge is 0.221 e. The second kappa shape index (κ2) is 9.35. The number of likely N-dealkylation sites (tertiary alicyclic amines) is 1. The summed E-state index contributed by atoms with van der Waals surface area (Å²) in [6.45, 7) is 3.43. The number of fused-ring (bicyclic) bond motifs is 1. The van der Waals surface area contributed by atoms with E-state index in [1.54, 1.807) is 0 Å². The summed E-state index contributed by atoms with van der Waals surface area (Å²) < 4.78 is 11.9. The van der Waals surface area contributed by atoms with Gasteiger partial charge in [-0.25, -0.2) is 0 Å². The highest BCUT2D eigenvalue weighted by atomic mass is 35.5. The molecule has 0 saturated carbocycles. The van der Waals surface area contributed by atoms with Gasteiger partial charge in [0.2, 0.25) is 5.91 Å². The van der Waals surface area contributed by atoms with Gasteiger partial charge in [0.1, 0.15) is 35.6 Å². The average Bonchev–Trinajstić information content (AvgIpc) is 3.08. The standard InChI is InChI=1S/C23H26Cl2N2O5/c1-14(28)26-19-9-18(25)20(30)10-22(19)31-13-17(29)12-27-6-4-23(5-7-27)11-15-8-16(24)2-3-21(15)32-23/h2-3,8-10,17,29-30H,4-7,11-13H2,1H3,(H,26,28)/t17-/m0/s1. The number of amides is 1. The average molecular weight is 481 g/mol. The Morgan fingerprint density at radius 2 is 2.03 bits per heavy atom. The number of ether oxygens (including phenoxy) is 2. The molecule has 7 nitrogen and oxygen atoms in total. The summed E-state index contributed by atoms with van der Waals surface area (Å²) in [5, 5.41) is 23.8. The molecular weight excluding hydrogens is 455 g/mol. The first-order valence-corrected chi connectivity index (χ1v) is 11.3. The van der Waals surface area contributed by atoms with Crippen LogP contribution in [0.2, 0.25) is 10.0 Å². The molecular formula is C23H26Cl2N2O5. The van der Waals surface area contributed by atoms with Crippen LogP contribution < -0.4 is 14.8 Å². The van der Waals surface area contributed by atoms with Crippen molar-refractivity contribution in [1.29, 1.82) is 0 Å². The number of nitrogens with zero attached hydrogens (tertiary/aromatic N) is 1. The second-order valence-electron chi connectivity index (χ2n) is 8.46. The van der Waals surface area contributed by atoms with Gasteiger partial charge in [-0.2, -0.15) is 0 Å². The Kier molecular flexibility index (Phi) is 6.72. The van der Waals surface area contributed by atoms with Gasteiger partial charge in [-0.15, -0.1) is 0 Å². The van der Waals surface area contributed by atoms with Crippen molar-refractivity contribution in [2.24, 2.45) is 0 Å². The van der Waals surface area contributed by atoms with Crippen molar-refractivity contribution < 1.29 is 24.5 Å². The van der Waals surface area contributed by atoms with Crippen LogP contribution in [-0.4, -0.2) is 59.0 Å². The summed E-state index contributed by atoms with van der Waals surface area (Å²) in [6, 6.07) is 8.50. The van der Waals surface area contributed by atoms with Crippen molar-refractivity contribution in [3.8, 4) is 17.2 Å². The molecule has 32 heavy (non-hydrogen) atoms. The summed E-state index contributed by atoms with van der Waals surface area (Å²) in [7, 11) is 0. The molecule has 1 amide bonds. The number of nitrogens with one attached hydrogen (secondary N) is 1. The fraction of sp³-hybridized carbons (Fsp3) is 0.435. The first kappa shape index (κ1) is 23.0. The number of carbonyl (C=O) groups is 1. The first-order valence-electron chi connectivity index (χ1n) is 10.5. The first-order chi connectivity index (χ1) is 15.2. The van der Waals surface area contributed by atoms with E-state index in [4.69, 9.17) is 32.7 Å². The number of phenols is 1. The molecule has 9 heteroatoms. The molecule has 0 bridgehead atoms. The maximum absolute atomic E-state index is 11.4. The number of carbonyl (C=O) groups excluding carboxylic acids is 1. The highest BCUT2D eigenvalue weighted by molar-refractivity contribution is 6.32. The molecule has 1 atom stereocenters. The normalized spacial score (nSPS) is 18.1. The number of aromatic hydroxyl groups is 1. The molecule has 2 aromatic carbocycles. The predicted octanol–water partition coefficient (Wildman–Crippen LogP) is 3.87. The lowest BCUT2D eigenvalue weighted by Crippen LogP contribution is -2.49. The summed E-state index contributed by atoms with van der Waals surface area (Å²) in [4.78, 5) is 13.6.